The van der Waals surface area contributed by atoms with Crippen molar-refractivity contribution < 1.29 is 28.6 Å². The molecule has 0 aliphatic carbocycles. The lowest BCUT2D eigenvalue weighted by atomic mass is 10.2. The Labute approximate surface area is 239 Å². The van der Waals surface area contributed by atoms with E-state index >= 15 is 0 Å². The van der Waals surface area contributed by atoms with Crippen molar-refractivity contribution in [1.29, 1.82) is 0 Å². The highest BCUT2D eigenvalue weighted by Crippen LogP contribution is 2.20. The van der Waals surface area contributed by atoms with Gasteiger partial charge in [0.25, 0.3) is 0 Å². The topological polar surface area (TPSA) is 78.9 Å². The molecule has 1 atom stereocenters. The Kier molecular flexibility index (Phi) is 19.6. The van der Waals surface area contributed by atoms with Crippen molar-refractivity contribution in [3.05, 3.63) is 103 Å². The summed E-state index contributed by atoms with van der Waals surface area (Å²) in [6.45, 7) is 4.97. The lowest BCUT2D eigenvalue weighted by molar-refractivity contribution is -0.146. The fraction of sp³-hybridized carbons (Fsp3) is 0.382. The molecule has 1 unspecified atom stereocenters. The highest BCUT2D eigenvalue weighted by Gasteiger charge is 2.18. The van der Waals surface area contributed by atoms with Gasteiger partial charge >= 0.3 is 17.9 Å². The van der Waals surface area contributed by atoms with Gasteiger partial charge in [0, 0.05) is 13.3 Å². The van der Waals surface area contributed by atoms with Crippen molar-refractivity contribution in [2.24, 2.45) is 0 Å². The number of para-hydroxylation sites is 1. The third-order valence-electron chi connectivity index (χ3n) is 5.26. The fourth-order valence-electron chi connectivity index (χ4n) is 3.28. The van der Waals surface area contributed by atoms with Crippen molar-refractivity contribution in [3.8, 4) is 5.75 Å². The number of carbonyl (C=O) groups is 3. The molecule has 6 nitrogen and oxygen atoms in total. The Morgan fingerprint density at radius 3 is 1.77 bits per heavy atom. The van der Waals surface area contributed by atoms with Crippen molar-refractivity contribution >= 4 is 17.9 Å². The predicted octanol–water partition coefficient (Wildman–Crippen LogP) is 8.18. The van der Waals surface area contributed by atoms with Crippen LogP contribution in [0.25, 0.3) is 0 Å². The maximum absolute atomic E-state index is 12.4. The molecular weight excluding hydrogens is 504 g/mol. The van der Waals surface area contributed by atoms with Crippen LogP contribution in [0.5, 0.6) is 5.75 Å². The number of allylic oxidation sites excluding steroid dienone is 12. The average molecular weight is 549 g/mol. The molecule has 0 aromatic heterocycles. The Balaban J connectivity index is 2.13. The molecule has 0 N–H and O–H groups in total. The first-order chi connectivity index (χ1) is 19.4. The summed E-state index contributed by atoms with van der Waals surface area (Å²) in [5, 5.41) is 0. The van der Waals surface area contributed by atoms with Gasteiger partial charge in [-0.05, 0) is 64.0 Å². The van der Waals surface area contributed by atoms with Gasteiger partial charge in [-0.3, -0.25) is 9.59 Å². The molecule has 40 heavy (non-hydrogen) atoms. The summed E-state index contributed by atoms with van der Waals surface area (Å²) >= 11 is 0. The van der Waals surface area contributed by atoms with Gasteiger partial charge in [0.1, 0.15) is 24.0 Å². The molecule has 0 aliphatic rings. The molecule has 0 heterocycles. The molecular formula is C34H44O6. The van der Waals surface area contributed by atoms with Crippen molar-refractivity contribution in [1.82, 2.24) is 0 Å². The maximum Gasteiger partial charge on any atom is 0.342 e. The Hall–Kier alpha value is -3.93. The number of hydrogen-bond acceptors (Lipinski definition) is 6. The summed E-state index contributed by atoms with van der Waals surface area (Å²) < 4.78 is 15.5. The van der Waals surface area contributed by atoms with Crippen LogP contribution >= 0.6 is 0 Å². The second kappa shape index (κ2) is 23.0. The zero-order chi connectivity index (χ0) is 29.3. The van der Waals surface area contributed by atoms with Crippen molar-refractivity contribution in [2.75, 3.05) is 6.61 Å². The minimum absolute atomic E-state index is 0.0515. The standard InChI is InChI=1S/C34H44O6/c1-4-5-6-7-8-9-10-11-12-13-14-15-16-17-18-19-20-21-22-27-33(36)38-28-29(2)39-34(37)31-25-23-24-26-32(31)40-30(3)35/h5-6,8-9,11-12,14-15,17-18,20-21,23-26,29H,4,7,10,13,16,19,22,27-28H2,1-3H3. The zero-order valence-electron chi connectivity index (χ0n) is 24.1. The van der Waals surface area contributed by atoms with Crippen LogP contribution in [0.15, 0.2) is 97.2 Å². The van der Waals surface area contributed by atoms with E-state index in [1.165, 1.54) is 19.1 Å². The van der Waals surface area contributed by atoms with Gasteiger partial charge in [0.2, 0.25) is 0 Å². The molecule has 1 rings (SSSR count). The molecule has 1 aromatic rings. The Bertz CT molecular complexity index is 1060. The van der Waals surface area contributed by atoms with E-state index in [0.717, 1.165) is 38.5 Å². The molecule has 6 heteroatoms. The summed E-state index contributed by atoms with van der Waals surface area (Å²) in [6.07, 6.45) is 31.5. The molecule has 0 bridgehead atoms. The van der Waals surface area contributed by atoms with Crippen LogP contribution < -0.4 is 4.74 Å². The van der Waals surface area contributed by atoms with Crippen LogP contribution in [0.1, 0.15) is 82.5 Å². The first-order valence-electron chi connectivity index (χ1n) is 14.0. The minimum Gasteiger partial charge on any atom is -0.462 e. The molecule has 0 saturated heterocycles. The van der Waals surface area contributed by atoms with Gasteiger partial charge in [-0.2, -0.15) is 0 Å². The van der Waals surface area contributed by atoms with Crippen LogP contribution in [0.2, 0.25) is 0 Å². The van der Waals surface area contributed by atoms with Crippen LogP contribution in [0.4, 0.5) is 0 Å². The highest BCUT2D eigenvalue weighted by molar-refractivity contribution is 5.93. The van der Waals surface area contributed by atoms with E-state index in [2.05, 4.69) is 67.7 Å². The quantitative estimate of drug-likeness (QED) is 0.0985. The fourth-order valence-corrected chi connectivity index (χ4v) is 3.28. The lowest BCUT2D eigenvalue weighted by Crippen LogP contribution is -2.23. The van der Waals surface area contributed by atoms with E-state index in [9.17, 15) is 14.4 Å². The van der Waals surface area contributed by atoms with E-state index in [1.807, 2.05) is 12.2 Å². The van der Waals surface area contributed by atoms with Crippen LogP contribution in [0.3, 0.4) is 0 Å². The van der Waals surface area contributed by atoms with E-state index in [-0.39, 0.29) is 30.3 Å². The van der Waals surface area contributed by atoms with E-state index in [4.69, 9.17) is 14.2 Å². The highest BCUT2D eigenvalue weighted by atomic mass is 16.6. The smallest absolute Gasteiger partial charge is 0.342 e. The second-order valence-corrected chi connectivity index (χ2v) is 8.94. The van der Waals surface area contributed by atoms with Crippen LogP contribution in [-0.4, -0.2) is 30.6 Å². The number of ether oxygens (including phenoxy) is 3. The summed E-state index contributed by atoms with van der Waals surface area (Å²) in [7, 11) is 0. The third-order valence-corrected chi connectivity index (χ3v) is 5.26. The van der Waals surface area contributed by atoms with Crippen LogP contribution in [-0.2, 0) is 19.1 Å². The number of hydrogen-bond donors (Lipinski definition) is 0. The summed E-state index contributed by atoms with van der Waals surface area (Å²) in [6, 6.07) is 6.31. The van der Waals surface area contributed by atoms with Crippen molar-refractivity contribution in [2.45, 2.75) is 78.2 Å². The molecule has 0 radical (unpaired) electrons. The molecule has 0 spiro atoms. The molecule has 1 aromatic carbocycles. The number of esters is 3. The number of benzene rings is 1. The number of carbonyl (C=O) groups excluding carboxylic acids is 3. The van der Waals surface area contributed by atoms with Gasteiger partial charge in [0.15, 0.2) is 0 Å². The predicted molar refractivity (Wildman–Crippen MR) is 161 cm³/mol. The Morgan fingerprint density at radius 2 is 1.25 bits per heavy atom. The largest absolute Gasteiger partial charge is 0.462 e. The van der Waals surface area contributed by atoms with E-state index in [0.29, 0.717) is 6.42 Å². The average Bonchev–Trinajstić information content (AvgIpc) is 2.93. The molecule has 0 fully saturated rings. The molecule has 216 valence electrons. The monoisotopic (exact) mass is 548 g/mol. The summed E-state index contributed by atoms with van der Waals surface area (Å²) in [4.78, 5) is 35.6. The second-order valence-electron chi connectivity index (χ2n) is 8.94. The molecule has 0 aliphatic heterocycles. The maximum atomic E-state index is 12.4. The van der Waals surface area contributed by atoms with Gasteiger partial charge in [0.05, 0.1) is 0 Å². The van der Waals surface area contributed by atoms with Gasteiger partial charge in [-0.25, -0.2) is 4.79 Å². The van der Waals surface area contributed by atoms with Crippen molar-refractivity contribution in [3.63, 3.8) is 0 Å². The van der Waals surface area contributed by atoms with Gasteiger partial charge in [-0.1, -0.05) is 92.0 Å². The normalized spacial score (nSPS) is 12.9. The van der Waals surface area contributed by atoms with E-state index < -0.39 is 18.0 Å². The van der Waals surface area contributed by atoms with Gasteiger partial charge in [-0.15, -0.1) is 0 Å². The number of rotatable bonds is 19. The van der Waals surface area contributed by atoms with Gasteiger partial charge < -0.3 is 14.2 Å². The Morgan fingerprint density at radius 1 is 0.750 bits per heavy atom. The first kappa shape index (κ1) is 34.1. The third kappa shape index (κ3) is 18.3. The minimum atomic E-state index is -0.654. The molecule has 0 saturated carbocycles. The van der Waals surface area contributed by atoms with Crippen LogP contribution in [0, 0.1) is 0 Å². The SMILES string of the molecule is CCC=CCC=CCC=CCC=CCC=CCC=CCCC(=O)OCC(C)OC(=O)c1ccccc1OC(C)=O. The zero-order valence-corrected chi connectivity index (χ0v) is 24.1. The summed E-state index contributed by atoms with van der Waals surface area (Å²) in [5.74, 6) is -1.42. The molecule has 0 amide bonds. The summed E-state index contributed by atoms with van der Waals surface area (Å²) in [5.41, 5.74) is 0.133. The first-order valence-corrected chi connectivity index (χ1v) is 14.0. The van der Waals surface area contributed by atoms with E-state index in [1.54, 1.807) is 19.1 Å². The lowest BCUT2D eigenvalue weighted by Gasteiger charge is -2.15.